The maximum Gasteiger partial charge on any atom is 0.251 e. The van der Waals surface area contributed by atoms with Crippen LogP contribution in [0.25, 0.3) is 0 Å². The molecule has 0 spiro atoms. The van der Waals surface area contributed by atoms with E-state index in [9.17, 15) is 18.4 Å². The molecule has 1 aliphatic rings. The van der Waals surface area contributed by atoms with Crippen LogP contribution in [0.5, 0.6) is 0 Å². The van der Waals surface area contributed by atoms with E-state index in [1.165, 1.54) is 13.1 Å². The van der Waals surface area contributed by atoms with Gasteiger partial charge in [0.15, 0.2) is 0 Å². The van der Waals surface area contributed by atoms with Crippen molar-refractivity contribution in [2.75, 3.05) is 12.4 Å². The number of nitrogens with one attached hydrogen (secondary N) is 1. The third-order valence-corrected chi connectivity index (χ3v) is 2.64. The first-order chi connectivity index (χ1) is 7.99. The normalized spacial score (nSPS) is 19.9. The number of imide groups is 1. The fraction of sp³-hybridized carbons (Fsp3) is 0.273. The summed E-state index contributed by atoms with van der Waals surface area (Å²) in [4.78, 5) is 23.8. The summed E-state index contributed by atoms with van der Waals surface area (Å²) >= 11 is 0. The molecule has 1 heterocycles. The van der Waals surface area contributed by atoms with Gasteiger partial charge in [0.2, 0.25) is 5.91 Å². The lowest BCUT2D eigenvalue weighted by Crippen LogP contribution is -2.32. The molecule has 0 aliphatic carbocycles. The second-order valence-corrected chi connectivity index (χ2v) is 3.82. The monoisotopic (exact) mass is 240 g/mol. The fourth-order valence-corrected chi connectivity index (χ4v) is 1.66. The Kier molecular flexibility index (Phi) is 2.79. The van der Waals surface area contributed by atoms with Gasteiger partial charge in [-0.2, -0.15) is 0 Å². The topological polar surface area (TPSA) is 49.4 Å². The van der Waals surface area contributed by atoms with E-state index in [1.54, 1.807) is 0 Å². The zero-order valence-corrected chi connectivity index (χ0v) is 9.04. The van der Waals surface area contributed by atoms with Gasteiger partial charge >= 0.3 is 0 Å². The average Bonchev–Trinajstić information content (AvgIpc) is 2.50. The first-order valence-corrected chi connectivity index (χ1v) is 5.01. The summed E-state index contributed by atoms with van der Waals surface area (Å²) in [7, 11) is 1.37. The minimum absolute atomic E-state index is 0.00727. The van der Waals surface area contributed by atoms with Gasteiger partial charge in [-0.15, -0.1) is 0 Å². The van der Waals surface area contributed by atoms with Crippen molar-refractivity contribution in [3.05, 3.63) is 29.8 Å². The first kappa shape index (κ1) is 11.5. The molecule has 1 N–H and O–H groups in total. The third-order valence-electron chi connectivity index (χ3n) is 2.64. The highest BCUT2D eigenvalue weighted by Gasteiger charge is 2.36. The van der Waals surface area contributed by atoms with Gasteiger partial charge in [-0.05, 0) is 12.1 Å². The Hall–Kier alpha value is -1.98. The van der Waals surface area contributed by atoms with E-state index < -0.39 is 23.6 Å². The molecule has 1 aromatic rings. The summed E-state index contributed by atoms with van der Waals surface area (Å²) < 4.78 is 26.0. The molecule has 0 saturated carbocycles. The maximum atomic E-state index is 13.3. The largest absolute Gasteiger partial charge is 0.371 e. The maximum absolute atomic E-state index is 13.3. The highest BCUT2D eigenvalue weighted by Crippen LogP contribution is 2.20. The predicted molar refractivity (Wildman–Crippen MR) is 56.2 cm³/mol. The number of hydrogen-bond donors (Lipinski definition) is 1. The summed E-state index contributed by atoms with van der Waals surface area (Å²) in [6.07, 6.45) is -0.0217. The zero-order chi connectivity index (χ0) is 12.6. The molecule has 90 valence electrons. The molecule has 1 aliphatic heterocycles. The molecule has 0 aromatic heterocycles. The average molecular weight is 240 g/mol. The van der Waals surface area contributed by atoms with E-state index in [4.69, 9.17) is 0 Å². The number of halogens is 2. The predicted octanol–water partition coefficient (Wildman–Crippen LogP) is 1.13. The smallest absolute Gasteiger partial charge is 0.251 e. The minimum Gasteiger partial charge on any atom is -0.371 e. The number of carbonyl (C=O) groups is 2. The number of benzene rings is 1. The molecule has 1 aromatic carbocycles. The van der Waals surface area contributed by atoms with Crippen LogP contribution in [0.15, 0.2) is 18.2 Å². The minimum atomic E-state index is -0.792. The number of hydrogen-bond acceptors (Lipinski definition) is 3. The molecule has 2 amide bonds. The van der Waals surface area contributed by atoms with Crippen LogP contribution in [0, 0.1) is 11.6 Å². The summed E-state index contributed by atoms with van der Waals surface area (Å²) in [5.74, 6) is -2.23. The van der Waals surface area contributed by atoms with Gasteiger partial charge in [0.1, 0.15) is 17.7 Å². The zero-order valence-electron chi connectivity index (χ0n) is 9.04. The van der Waals surface area contributed by atoms with Crippen LogP contribution < -0.4 is 5.32 Å². The van der Waals surface area contributed by atoms with Crippen molar-refractivity contribution in [3.8, 4) is 0 Å². The highest BCUT2D eigenvalue weighted by atomic mass is 19.1. The number of rotatable bonds is 2. The second-order valence-electron chi connectivity index (χ2n) is 3.82. The van der Waals surface area contributed by atoms with Crippen molar-refractivity contribution in [1.29, 1.82) is 0 Å². The molecular formula is C11H10F2N2O2. The van der Waals surface area contributed by atoms with Crippen molar-refractivity contribution in [2.45, 2.75) is 12.5 Å². The Labute approximate surface area is 96.2 Å². The summed E-state index contributed by atoms with van der Waals surface area (Å²) in [5, 5.41) is 2.59. The van der Waals surface area contributed by atoms with Gasteiger partial charge < -0.3 is 5.32 Å². The van der Waals surface area contributed by atoms with Crippen molar-refractivity contribution in [2.24, 2.45) is 0 Å². The number of likely N-dealkylation sites (N-methyl/N-ethyl adjacent to an activating group) is 1. The van der Waals surface area contributed by atoms with Crippen molar-refractivity contribution < 1.29 is 18.4 Å². The molecule has 2 rings (SSSR count). The van der Waals surface area contributed by atoms with Crippen LogP contribution in [0.3, 0.4) is 0 Å². The van der Waals surface area contributed by atoms with Gasteiger partial charge in [0.05, 0.1) is 12.1 Å². The lowest BCUT2D eigenvalue weighted by Gasteiger charge is -2.12. The molecule has 1 unspecified atom stereocenters. The molecule has 0 radical (unpaired) electrons. The summed E-state index contributed by atoms with van der Waals surface area (Å²) in [6, 6.07) is 2.21. The Morgan fingerprint density at radius 2 is 2.06 bits per heavy atom. The quantitative estimate of drug-likeness (QED) is 0.788. The SMILES string of the molecule is CN1C(=O)CC(Nc2ccc(F)cc2F)C1=O. The number of carbonyl (C=O) groups excluding carboxylic acids is 2. The fourth-order valence-electron chi connectivity index (χ4n) is 1.66. The summed E-state index contributed by atoms with van der Waals surface area (Å²) in [5.41, 5.74) is 0.00727. The van der Waals surface area contributed by atoms with Crippen molar-refractivity contribution >= 4 is 17.5 Å². The van der Waals surface area contributed by atoms with Crippen LogP contribution >= 0.6 is 0 Å². The van der Waals surface area contributed by atoms with Crippen LogP contribution in [-0.2, 0) is 9.59 Å². The molecule has 17 heavy (non-hydrogen) atoms. The number of anilines is 1. The van der Waals surface area contributed by atoms with Crippen LogP contribution in [0.2, 0.25) is 0 Å². The van der Waals surface area contributed by atoms with Crippen LogP contribution in [-0.4, -0.2) is 29.8 Å². The van der Waals surface area contributed by atoms with Gasteiger partial charge in [-0.1, -0.05) is 0 Å². The van der Waals surface area contributed by atoms with Gasteiger partial charge in [-0.25, -0.2) is 8.78 Å². The van der Waals surface area contributed by atoms with E-state index in [-0.39, 0.29) is 18.0 Å². The Morgan fingerprint density at radius 3 is 2.59 bits per heavy atom. The summed E-state index contributed by atoms with van der Waals surface area (Å²) in [6.45, 7) is 0. The third kappa shape index (κ3) is 2.11. The second kappa shape index (κ2) is 4.12. The van der Waals surface area contributed by atoms with Crippen LogP contribution in [0.1, 0.15) is 6.42 Å². The molecule has 6 heteroatoms. The molecule has 0 bridgehead atoms. The lowest BCUT2D eigenvalue weighted by molar-refractivity contribution is -0.136. The van der Waals surface area contributed by atoms with E-state index in [1.807, 2.05) is 0 Å². The molecule has 4 nitrogen and oxygen atoms in total. The van der Waals surface area contributed by atoms with Gasteiger partial charge in [-0.3, -0.25) is 14.5 Å². The van der Waals surface area contributed by atoms with E-state index in [2.05, 4.69) is 5.32 Å². The van der Waals surface area contributed by atoms with Crippen molar-refractivity contribution in [3.63, 3.8) is 0 Å². The molecule has 1 fully saturated rings. The number of amides is 2. The van der Waals surface area contributed by atoms with Crippen LogP contribution in [0.4, 0.5) is 14.5 Å². The number of likely N-dealkylation sites (tertiary alicyclic amines) is 1. The molecule has 1 atom stereocenters. The van der Waals surface area contributed by atoms with E-state index in [0.717, 1.165) is 11.0 Å². The highest BCUT2D eigenvalue weighted by molar-refractivity contribution is 6.06. The number of nitrogens with zero attached hydrogens (tertiary/aromatic N) is 1. The standard InChI is InChI=1S/C11H10F2N2O2/c1-15-10(16)5-9(11(15)17)14-8-3-2-6(12)4-7(8)13/h2-4,9,14H,5H2,1H3. The van der Waals surface area contributed by atoms with E-state index >= 15 is 0 Å². The molecular weight excluding hydrogens is 230 g/mol. The Bertz CT molecular complexity index is 490. The van der Waals surface area contributed by atoms with Gasteiger partial charge in [0, 0.05) is 13.1 Å². The Morgan fingerprint density at radius 1 is 1.35 bits per heavy atom. The van der Waals surface area contributed by atoms with E-state index in [0.29, 0.717) is 6.07 Å². The molecule has 1 saturated heterocycles. The van der Waals surface area contributed by atoms with Gasteiger partial charge in [0.25, 0.3) is 5.91 Å². The Balaban J connectivity index is 2.17. The lowest BCUT2D eigenvalue weighted by atomic mass is 10.2. The van der Waals surface area contributed by atoms with Crippen molar-refractivity contribution in [1.82, 2.24) is 4.90 Å². The first-order valence-electron chi connectivity index (χ1n) is 5.01.